The first-order valence-corrected chi connectivity index (χ1v) is 33.6. The fraction of sp³-hybridized carbons (Fsp3) is 0.892. The van der Waals surface area contributed by atoms with Gasteiger partial charge < -0.3 is 97.3 Å². The quantitative estimate of drug-likeness (QED) is 0.0274. The van der Waals surface area contributed by atoms with E-state index in [1.165, 1.54) is 38.5 Å². The molecule has 0 aliphatic carbocycles. The number of carbonyl (C=O) groups excluding carboxylic acids is 7. The number of Topliss-reactive ketones (excluding diaryl/α,β-unsaturated/α-hetero) is 1. The minimum absolute atomic E-state index is 0.0185. The van der Waals surface area contributed by atoms with Gasteiger partial charge in [0.25, 0.3) is 0 Å². The van der Waals surface area contributed by atoms with Gasteiger partial charge in [-0.2, -0.15) is 0 Å². The number of esters is 5. The van der Waals surface area contributed by atoms with Gasteiger partial charge in [-0.3, -0.25) is 33.6 Å². The van der Waals surface area contributed by atoms with Crippen molar-refractivity contribution in [3.8, 4) is 0 Å². The molecular weight excluding hydrogens is 1210 g/mol. The number of ketones is 1. The largest absolute Gasteiger partial charge is 0.456 e. The molecule has 0 radical (unpaired) electrons. The Bertz CT molecular complexity index is 2160. The summed E-state index contributed by atoms with van der Waals surface area (Å²) in [4.78, 5) is 87.6. The van der Waals surface area contributed by atoms with Crippen molar-refractivity contribution in [2.24, 2.45) is 5.92 Å². The Balaban J connectivity index is 1.28. The molecule has 4 aliphatic heterocycles. The molecule has 4 rings (SSSR count). The summed E-state index contributed by atoms with van der Waals surface area (Å²) in [5, 5.41) is 61.2. The molecule has 6 N–H and O–H groups in total. The van der Waals surface area contributed by atoms with E-state index >= 15 is 0 Å². The van der Waals surface area contributed by atoms with Gasteiger partial charge in [-0.1, -0.05) is 104 Å². The zero-order valence-electron chi connectivity index (χ0n) is 56.0. The summed E-state index contributed by atoms with van der Waals surface area (Å²) in [6, 6.07) is 0. The zero-order chi connectivity index (χ0) is 67.7. The maximum atomic E-state index is 12.7. The van der Waals surface area contributed by atoms with Crippen molar-refractivity contribution < 1.29 is 121 Å². The number of carbonyl (C=O) groups is 7. The summed E-state index contributed by atoms with van der Waals surface area (Å²) in [6.45, 7) is 9.37. The van der Waals surface area contributed by atoms with Gasteiger partial charge in [0.15, 0.2) is 55.7 Å². The molecule has 0 spiro atoms. The average molecular weight is 1320 g/mol. The molecule has 532 valence electrons. The second kappa shape index (κ2) is 43.9. The van der Waals surface area contributed by atoms with E-state index in [2.05, 4.69) is 24.3 Å². The van der Waals surface area contributed by atoms with Crippen molar-refractivity contribution in [2.75, 3.05) is 53.6 Å². The topological polar surface area (TPSA) is 356 Å². The van der Waals surface area contributed by atoms with Crippen LogP contribution in [0.15, 0.2) is 0 Å². The summed E-state index contributed by atoms with van der Waals surface area (Å²) >= 11 is 0. The predicted molar refractivity (Wildman–Crippen MR) is 328 cm³/mol. The standard InChI is InChI=1S/C65H112N2O25/c1-40(2)35-49(47(74)31-25-20-17-19-24-30-46(73)29-23-18-15-13-11-10-12-14-16-21-26-32-53(76)66-33-27-22-28-34-67(8)9)89-64-60(92-63-56(79)58(86-43(5)70)51(38-82-63)84-41(3)68)57(48(75)36-80-64)91-62-55(78)54(77)50(37-81-62)90-65-61(88-45(7)72)59(87-44(6)71)52(39-83-65)85-42(4)69/h40,47-52,54-65,74-75,77-79H,10-39H2,1-9H3,(H,66,76)/t47-,48+,49-,50+,51-,52-,54-,55+,56+,57-,58-,59-,60+,61+,62-,63-,64-,65-/m0/s1. The number of amides is 1. The number of aliphatic hydroxyl groups is 5. The Kier molecular flexibility index (Phi) is 38.3. The number of hydrogen-bond donors (Lipinski definition) is 6. The lowest BCUT2D eigenvalue weighted by Crippen LogP contribution is -2.65. The molecule has 0 aromatic carbocycles. The van der Waals surface area contributed by atoms with Gasteiger partial charge >= 0.3 is 29.8 Å². The summed E-state index contributed by atoms with van der Waals surface area (Å²) in [5.41, 5.74) is 0. The number of ether oxygens (including phenoxy) is 13. The van der Waals surface area contributed by atoms with Gasteiger partial charge in [-0.15, -0.1) is 0 Å². The Labute approximate surface area is 543 Å². The van der Waals surface area contributed by atoms with E-state index < -0.39 is 167 Å². The first-order valence-electron chi connectivity index (χ1n) is 33.6. The molecule has 0 aromatic heterocycles. The highest BCUT2D eigenvalue weighted by molar-refractivity contribution is 5.78. The fourth-order valence-electron chi connectivity index (χ4n) is 11.7. The monoisotopic (exact) mass is 1320 g/mol. The summed E-state index contributed by atoms with van der Waals surface area (Å²) in [6.07, 6.45) is -5.25. The van der Waals surface area contributed by atoms with E-state index in [-0.39, 0.29) is 17.6 Å². The van der Waals surface area contributed by atoms with Gasteiger partial charge in [0.05, 0.1) is 38.6 Å². The maximum Gasteiger partial charge on any atom is 0.303 e. The van der Waals surface area contributed by atoms with Crippen LogP contribution in [0.4, 0.5) is 0 Å². The molecule has 4 aliphatic rings. The van der Waals surface area contributed by atoms with Gasteiger partial charge in [0.1, 0.15) is 48.5 Å². The van der Waals surface area contributed by atoms with E-state index in [9.17, 15) is 59.1 Å². The Morgan fingerprint density at radius 2 is 0.902 bits per heavy atom. The van der Waals surface area contributed by atoms with Crippen molar-refractivity contribution in [3.05, 3.63) is 0 Å². The van der Waals surface area contributed by atoms with Crippen LogP contribution in [0.2, 0.25) is 0 Å². The Hall–Kier alpha value is -4.07. The zero-order valence-corrected chi connectivity index (χ0v) is 56.0. The van der Waals surface area contributed by atoms with Crippen LogP contribution in [-0.4, -0.2) is 236 Å². The SMILES string of the molecule is CC(=O)O[C@@H]1[C@@H](O)[C@H](O[C@H]2[C@H](O[C@@H](CC(C)C)[C@@H](O)CCCCCCCC(=O)CCCCCCCCCCCCCC(=O)NCCCCCN(C)C)OC[C@@H](O)[C@@H]2O[C@@H]2OC[C@@H](O[C@@H]3OC[C@H](OC(C)=O)[C@H](OC(C)=O)[C@H]3OC(C)=O)[C@H](O)[C@H]2O)OC[C@@H]1OC(C)=O. The first-order chi connectivity index (χ1) is 43.8. The number of unbranched alkanes of at least 4 members (excludes halogenated alkanes) is 16. The second-order valence-electron chi connectivity index (χ2n) is 25.6. The van der Waals surface area contributed by atoms with Gasteiger partial charge in [0, 0.05) is 60.4 Å². The highest BCUT2D eigenvalue weighted by Crippen LogP contribution is 2.35. The van der Waals surface area contributed by atoms with Crippen molar-refractivity contribution in [2.45, 2.75) is 313 Å². The van der Waals surface area contributed by atoms with Gasteiger partial charge in [-0.25, -0.2) is 0 Å². The van der Waals surface area contributed by atoms with E-state index in [0.29, 0.717) is 38.5 Å². The molecular formula is C65H112N2O25. The van der Waals surface area contributed by atoms with Crippen molar-refractivity contribution in [3.63, 3.8) is 0 Å². The first kappa shape index (κ1) is 80.4. The third kappa shape index (κ3) is 30.3. The maximum absolute atomic E-state index is 12.7. The molecule has 0 saturated carbocycles. The van der Waals surface area contributed by atoms with E-state index in [1.54, 1.807) is 0 Å². The van der Waals surface area contributed by atoms with Gasteiger partial charge in [-0.05, 0) is 71.5 Å². The smallest absolute Gasteiger partial charge is 0.303 e. The lowest BCUT2D eigenvalue weighted by Gasteiger charge is -2.47. The lowest BCUT2D eigenvalue weighted by atomic mass is 9.96. The molecule has 0 bridgehead atoms. The number of aliphatic hydroxyl groups excluding tert-OH is 5. The summed E-state index contributed by atoms with van der Waals surface area (Å²) < 4.78 is 75.4. The third-order valence-corrected chi connectivity index (χ3v) is 16.4. The minimum atomic E-state index is -1.96. The van der Waals surface area contributed by atoms with Crippen LogP contribution in [0.1, 0.15) is 203 Å². The Morgan fingerprint density at radius 1 is 0.457 bits per heavy atom. The highest BCUT2D eigenvalue weighted by atomic mass is 16.8. The van der Waals surface area contributed by atoms with Crippen LogP contribution in [0.5, 0.6) is 0 Å². The van der Waals surface area contributed by atoms with E-state index in [4.69, 9.17) is 61.6 Å². The summed E-state index contributed by atoms with van der Waals surface area (Å²) in [5.74, 6) is -3.56. The lowest BCUT2D eigenvalue weighted by molar-refractivity contribution is -0.380. The summed E-state index contributed by atoms with van der Waals surface area (Å²) in [7, 11) is 4.15. The third-order valence-electron chi connectivity index (χ3n) is 16.4. The molecule has 4 heterocycles. The van der Waals surface area contributed by atoms with Crippen LogP contribution in [0, 0.1) is 5.92 Å². The molecule has 0 unspecified atom stereocenters. The van der Waals surface area contributed by atoms with Crippen LogP contribution in [0.25, 0.3) is 0 Å². The van der Waals surface area contributed by atoms with Crippen LogP contribution in [-0.2, 0) is 95.1 Å². The predicted octanol–water partition coefficient (Wildman–Crippen LogP) is 4.68. The average Bonchev–Trinajstić information content (AvgIpc) is 0.868. The molecule has 1 amide bonds. The van der Waals surface area contributed by atoms with Crippen molar-refractivity contribution in [1.82, 2.24) is 10.2 Å². The van der Waals surface area contributed by atoms with Gasteiger partial charge in [0.2, 0.25) is 5.91 Å². The molecule has 4 fully saturated rings. The molecule has 4 saturated heterocycles. The number of rotatable bonds is 44. The molecule has 27 nitrogen and oxygen atoms in total. The number of hydrogen-bond acceptors (Lipinski definition) is 26. The van der Waals surface area contributed by atoms with Crippen molar-refractivity contribution >= 4 is 41.5 Å². The fourth-order valence-corrected chi connectivity index (χ4v) is 11.7. The van der Waals surface area contributed by atoms with Crippen molar-refractivity contribution in [1.29, 1.82) is 0 Å². The molecule has 18 atom stereocenters. The molecule has 92 heavy (non-hydrogen) atoms. The Morgan fingerprint density at radius 3 is 1.45 bits per heavy atom. The molecule has 0 aromatic rings. The van der Waals surface area contributed by atoms with Crippen LogP contribution < -0.4 is 5.32 Å². The number of nitrogens with one attached hydrogen (secondary N) is 1. The van der Waals surface area contributed by atoms with E-state index in [0.717, 1.165) is 125 Å². The van der Waals surface area contributed by atoms with Crippen LogP contribution in [0.3, 0.4) is 0 Å². The molecule has 27 heteroatoms. The minimum Gasteiger partial charge on any atom is -0.456 e. The second-order valence-corrected chi connectivity index (χ2v) is 25.6. The van der Waals surface area contributed by atoms with E-state index in [1.807, 2.05) is 13.8 Å². The normalized spacial score (nSPS) is 29.0. The van der Waals surface area contributed by atoms with Crippen LogP contribution >= 0.6 is 0 Å². The highest BCUT2D eigenvalue weighted by Gasteiger charge is 2.54. The number of nitrogens with zero attached hydrogens (tertiary/aromatic N) is 1.